The third-order valence-corrected chi connectivity index (χ3v) is 5.33. The zero-order chi connectivity index (χ0) is 16.6. The van der Waals surface area contributed by atoms with E-state index in [0.717, 1.165) is 44.7 Å². The fourth-order valence-electron chi connectivity index (χ4n) is 3.90. The molecule has 0 aromatic carbocycles. The highest BCUT2D eigenvalue weighted by atomic mass is 16.4. The Hall–Kier alpha value is -1.95. The first-order chi connectivity index (χ1) is 10.9. The lowest BCUT2D eigenvalue weighted by atomic mass is 9.76. The smallest absolute Gasteiger partial charge is 0.320 e. The molecule has 1 spiro atoms. The lowest BCUT2D eigenvalue weighted by Crippen LogP contribution is -2.41. The maximum Gasteiger partial charge on any atom is 0.320 e. The third kappa shape index (κ3) is 3.08. The number of carboxylic acid groups (broad SMARTS) is 1. The van der Waals surface area contributed by atoms with E-state index >= 15 is 0 Å². The average Bonchev–Trinajstić information content (AvgIpc) is 2.85. The Kier molecular flexibility index (Phi) is 4.10. The number of anilines is 1. The zero-order valence-corrected chi connectivity index (χ0v) is 13.7. The van der Waals surface area contributed by atoms with Gasteiger partial charge in [-0.15, -0.1) is 0 Å². The number of likely N-dealkylation sites (tertiary alicyclic amines) is 1. The van der Waals surface area contributed by atoms with E-state index in [9.17, 15) is 14.7 Å². The Labute approximate surface area is 136 Å². The van der Waals surface area contributed by atoms with Gasteiger partial charge in [-0.25, -0.2) is 4.98 Å². The molecule has 1 N–H and O–H groups in total. The highest BCUT2D eigenvalue weighted by Crippen LogP contribution is 2.43. The minimum Gasteiger partial charge on any atom is -0.480 e. The molecule has 2 aliphatic rings. The molecule has 124 valence electrons. The van der Waals surface area contributed by atoms with Gasteiger partial charge in [0, 0.05) is 31.4 Å². The Morgan fingerprint density at radius 2 is 2.00 bits per heavy atom. The Morgan fingerprint density at radius 3 is 2.48 bits per heavy atom. The number of hydrogen-bond donors (Lipinski definition) is 1. The van der Waals surface area contributed by atoms with Crippen molar-refractivity contribution in [2.75, 3.05) is 31.6 Å². The molecule has 2 aliphatic heterocycles. The molecule has 1 atom stereocenters. The van der Waals surface area contributed by atoms with Gasteiger partial charge < -0.3 is 10.0 Å². The molecule has 0 aliphatic carbocycles. The molecule has 1 aromatic heterocycles. The molecule has 3 rings (SSSR count). The number of piperidine rings is 1. The molecule has 2 fully saturated rings. The molecule has 6 nitrogen and oxygen atoms in total. The number of aliphatic carboxylic acids is 1. The molecule has 0 amide bonds. The number of carbonyl (C=O) groups excluding carboxylic acids is 1. The normalized spacial score (nSPS) is 24.1. The minimum absolute atomic E-state index is 0.0235. The number of aromatic nitrogens is 1. The van der Waals surface area contributed by atoms with Crippen LogP contribution in [0.4, 0.5) is 5.82 Å². The van der Waals surface area contributed by atoms with E-state index in [1.165, 1.54) is 6.92 Å². The van der Waals surface area contributed by atoms with E-state index < -0.39 is 5.97 Å². The van der Waals surface area contributed by atoms with Gasteiger partial charge in [-0.3, -0.25) is 14.5 Å². The Morgan fingerprint density at radius 1 is 1.30 bits per heavy atom. The van der Waals surface area contributed by atoms with E-state index in [0.29, 0.717) is 5.56 Å². The summed E-state index contributed by atoms with van der Waals surface area (Å²) in [4.78, 5) is 31.2. The second kappa shape index (κ2) is 5.92. The summed E-state index contributed by atoms with van der Waals surface area (Å²) < 4.78 is 0. The van der Waals surface area contributed by atoms with Gasteiger partial charge in [0.2, 0.25) is 0 Å². The van der Waals surface area contributed by atoms with Crippen LogP contribution in [0.5, 0.6) is 0 Å². The van der Waals surface area contributed by atoms with Crippen LogP contribution in [0.25, 0.3) is 0 Å². The van der Waals surface area contributed by atoms with E-state index in [1.807, 2.05) is 24.1 Å². The molecule has 0 radical (unpaired) electrons. The zero-order valence-electron chi connectivity index (χ0n) is 13.7. The second-order valence-corrected chi connectivity index (χ2v) is 6.92. The maximum atomic E-state index is 11.3. The van der Waals surface area contributed by atoms with Crippen molar-refractivity contribution in [3.05, 3.63) is 23.9 Å². The van der Waals surface area contributed by atoms with E-state index in [4.69, 9.17) is 0 Å². The fraction of sp³-hybridized carbons (Fsp3) is 0.588. The molecule has 23 heavy (non-hydrogen) atoms. The number of pyridine rings is 1. The van der Waals surface area contributed by atoms with Crippen LogP contribution in [0, 0.1) is 5.41 Å². The molecule has 6 heteroatoms. The van der Waals surface area contributed by atoms with Crippen LogP contribution >= 0.6 is 0 Å². The fourth-order valence-corrected chi connectivity index (χ4v) is 3.90. The molecule has 3 heterocycles. The number of rotatable bonds is 3. The number of likely N-dealkylation sites (N-methyl/N-ethyl adjacent to an activating group) is 1. The largest absolute Gasteiger partial charge is 0.480 e. The first kappa shape index (κ1) is 15.9. The van der Waals surface area contributed by atoms with Crippen molar-refractivity contribution in [1.82, 2.24) is 9.88 Å². The van der Waals surface area contributed by atoms with E-state index in [1.54, 1.807) is 6.20 Å². The van der Waals surface area contributed by atoms with Crippen LogP contribution in [-0.2, 0) is 4.79 Å². The van der Waals surface area contributed by atoms with E-state index in [2.05, 4.69) is 9.88 Å². The molecule has 0 unspecified atom stereocenters. The van der Waals surface area contributed by atoms with Crippen LogP contribution in [0.3, 0.4) is 0 Å². The van der Waals surface area contributed by atoms with Crippen molar-refractivity contribution >= 4 is 17.6 Å². The van der Waals surface area contributed by atoms with Crippen LogP contribution in [0.2, 0.25) is 0 Å². The Bertz CT molecular complexity index is 606. The summed E-state index contributed by atoms with van der Waals surface area (Å²) in [7, 11) is 1.90. The summed E-state index contributed by atoms with van der Waals surface area (Å²) in [6, 6.07) is 3.36. The number of Topliss-reactive ketones (excluding diaryl/α,β-unsaturated/α-hetero) is 1. The topological polar surface area (TPSA) is 73.7 Å². The van der Waals surface area contributed by atoms with Crippen LogP contribution in [0.15, 0.2) is 18.3 Å². The summed E-state index contributed by atoms with van der Waals surface area (Å²) in [5.74, 6) is 0.203. The molecular formula is C17H23N3O3. The van der Waals surface area contributed by atoms with Crippen molar-refractivity contribution in [2.24, 2.45) is 5.41 Å². The number of nitrogens with zero attached hydrogens (tertiary/aromatic N) is 3. The second-order valence-electron chi connectivity index (χ2n) is 6.92. The molecular weight excluding hydrogens is 294 g/mol. The number of carboxylic acids is 1. The van der Waals surface area contributed by atoms with Gasteiger partial charge in [0.1, 0.15) is 11.9 Å². The minimum atomic E-state index is -0.715. The lowest BCUT2D eigenvalue weighted by Gasteiger charge is -2.39. The third-order valence-electron chi connectivity index (χ3n) is 5.33. The Balaban J connectivity index is 1.64. The summed E-state index contributed by atoms with van der Waals surface area (Å²) in [5.41, 5.74) is 0.747. The van der Waals surface area contributed by atoms with Crippen molar-refractivity contribution in [3.63, 3.8) is 0 Å². The van der Waals surface area contributed by atoms with Crippen molar-refractivity contribution < 1.29 is 14.7 Å². The highest BCUT2D eigenvalue weighted by molar-refractivity contribution is 5.93. The van der Waals surface area contributed by atoms with Gasteiger partial charge in [-0.05, 0) is 50.8 Å². The number of ketones is 1. The lowest BCUT2D eigenvalue weighted by molar-refractivity contribution is -0.141. The maximum absolute atomic E-state index is 11.3. The van der Waals surface area contributed by atoms with Gasteiger partial charge in [0.25, 0.3) is 0 Å². The van der Waals surface area contributed by atoms with Gasteiger partial charge in [0.15, 0.2) is 5.78 Å². The highest BCUT2D eigenvalue weighted by Gasteiger charge is 2.46. The van der Waals surface area contributed by atoms with Crippen LogP contribution < -0.4 is 4.90 Å². The van der Waals surface area contributed by atoms with Gasteiger partial charge in [-0.2, -0.15) is 0 Å². The molecule has 0 saturated carbocycles. The standard InChI is InChI=1S/C17H23N3O3/c1-12(21)13-3-4-15(18-10-13)20-7-5-17(6-8-20)9-14(16(22)23)19(2)11-17/h3-4,10,14H,5-9,11H2,1-2H3,(H,22,23)/t14-/m0/s1. The van der Waals surface area contributed by atoms with Gasteiger partial charge in [-0.1, -0.05) is 0 Å². The molecule has 1 aromatic rings. The number of hydrogen-bond acceptors (Lipinski definition) is 5. The monoisotopic (exact) mass is 317 g/mol. The predicted molar refractivity (Wildman–Crippen MR) is 86.8 cm³/mol. The van der Waals surface area contributed by atoms with Crippen molar-refractivity contribution in [1.29, 1.82) is 0 Å². The average molecular weight is 317 g/mol. The van der Waals surface area contributed by atoms with Crippen molar-refractivity contribution in [3.8, 4) is 0 Å². The molecule has 2 saturated heterocycles. The summed E-state index contributed by atoms with van der Waals surface area (Å²) >= 11 is 0. The number of carbonyl (C=O) groups is 2. The molecule has 0 bridgehead atoms. The first-order valence-electron chi connectivity index (χ1n) is 8.05. The summed E-state index contributed by atoms with van der Waals surface area (Å²) in [5, 5.41) is 9.31. The van der Waals surface area contributed by atoms with Gasteiger partial charge in [0.05, 0.1) is 0 Å². The first-order valence-corrected chi connectivity index (χ1v) is 8.05. The van der Waals surface area contributed by atoms with Crippen molar-refractivity contribution in [2.45, 2.75) is 32.2 Å². The quantitative estimate of drug-likeness (QED) is 0.855. The predicted octanol–water partition coefficient (Wildman–Crippen LogP) is 1.66. The summed E-state index contributed by atoms with van der Waals surface area (Å²) in [6.07, 6.45) is 4.34. The van der Waals surface area contributed by atoms with Crippen LogP contribution in [0.1, 0.15) is 36.5 Å². The summed E-state index contributed by atoms with van der Waals surface area (Å²) in [6.45, 7) is 4.16. The van der Waals surface area contributed by atoms with Crippen LogP contribution in [-0.4, -0.2) is 59.5 Å². The van der Waals surface area contributed by atoms with E-state index in [-0.39, 0.29) is 17.2 Å². The van der Waals surface area contributed by atoms with Gasteiger partial charge >= 0.3 is 5.97 Å². The SMILES string of the molecule is CC(=O)c1ccc(N2CCC3(CC2)C[C@@H](C(=O)O)N(C)C3)nc1.